The summed E-state index contributed by atoms with van der Waals surface area (Å²) in [7, 11) is 1.50. The Kier molecular flexibility index (Phi) is 6.15. The second kappa shape index (κ2) is 9.31. The van der Waals surface area contributed by atoms with Gasteiger partial charge < -0.3 is 8.98 Å². The van der Waals surface area contributed by atoms with Gasteiger partial charge in [-0.15, -0.1) is 10.2 Å². The number of hydrogen-bond acceptors (Lipinski definition) is 4. The van der Waals surface area contributed by atoms with Crippen molar-refractivity contribution >= 4 is 0 Å². The minimum atomic E-state index is -4.53. The molecule has 188 valence electrons. The van der Waals surface area contributed by atoms with E-state index in [4.69, 9.17) is 4.42 Å². The van der Waals surface area contributed by atoms with Crippen LogP contribution in [0.1, 0.15) is 31.0 Å². The zero-order chi connectivity index (χ0) is 26.3. The Labute approximate surface area is 210 Å². The summed E-state index contributed by atoms with van der Waals surface area (Å²) in [6, 6.07) is 19.3. The zero-order valence-electron chi connectivity index (χ0n) is 20.2. The van der Waals surface area contributed by atoms with Crippen LogP contribution in [0.4, 0.5) is 17.6 Å². The lowest BCUT2D eigenvalue weighted by Crippen LogP contribution is -2.04. The Hall–Kier alpha value is -4.27. The summed E-state index contributed by atoms with van der Waals surface area (Å²) in [5.41, 5.74) is 3.08. The number of halogens is 4. The second-order valence-corrected chi connectivity index (χ2v) is 8.98. The quantitative estimate of drug-likeness (QED) is 0.229. The highest BCUT2D eigenvalue weighted by molar-refractivity contribution is 5.71. The molecular weight excluding hydrogens is 484 g/mol. The number of aryl methyl sites for hydroxylation is 1. The molecule has 0 unspecified atom stereocenters. The predicted molar refractivity (Wildman–Crippen MR) is 132 cm³/mol. The number of alkyl halides is 3. The number of benzene rings is 3. The topological polar surface area (TPSA) is 56.7 Å². The highest BCUT2D eigenvalue weighted by atomic mass is 19.4. The van der Waals surface area contributed by atoms with Crippen LogP contribution in [0, 0.1) is 5.82 Å². The van der Waals surface area contributed by atoms with E-state index in [1.165, 1.54) is 17.7 Å². The average molecular weight is 507 g/mol. The first-order chi connectivity index (χ1) is 17.6. The molecule has 0 bridgehead atoms. The summed E-state index contributed by atoms with van der Waals surface area (Å²) < 4.78 is 61.1. The van der Waals surface area contributed by atoms with E-state index in [0.29, 0.717) is 11.1 Å². The van der Waals surface area contributed by atoms with Crippen LogP contribution in [-0.2, 0) is 13.2 Å². The van der Waals surface area contributed by atoms with Crippen molar-refractivity contribution in [3.63, 3.8) is 0 Å². The molecular formula is C28H22F4N4O. The number of hydrogen-bond donors (Lipinski definition) is 0. The van der Waals surface area contributed by atoms with E-state index in [1.807, 2.05) is 30.3 Å². The molecule has 0 radical (unpaired) electrons. The predicted octanol–water partition coefficient (Wildman–Crippen LogP) is 7.75. The Morgan fingerprint density at radius 1 is 0.811 bits per heavy atom. The van der Waals surface area contributed by atoms with Crippen molar-refractivity contribution in [1.29, 1.82) is 0 Å². The van der Waals surface area contributed by atoms with Crippen LogP contribution < -0.4 is 0 Å². The van der Waals surface area contributed by atoms with Gasteiger partial charge in [-0.3, -0.25) is 0 Å². The van der Waals surface area contributed by atoms with Crippen molar-refractivity contribution in [2.45, 2.75) is 25.9 Å². The van der Waals surface area contributed by atoms with E-state index >= 15 is 4.39 Å². The molecule has 0 atom stereocenters. The highest BCUT2D eigenvalue weighted by Crippen LogP contribution is 2.34. The molecule has 0 aliphatic rings. The summed E-state index contributed by atoms with van der Waals surface area (Å²) in [6.45, 7) is 4.18. The molecule has 0 aliphatic heterocycles. The first-order valence-corrected chi connectivity index (χ1v) is 11.6. The summed E-state index contributed by atoms with van der Waals surface area (Å²) >= 11 is 0. The monoisotopic (exact) mass is 506 g/mol. The lowest BCUT2D eigenvalue weighted by atomic mass is 9.92. The lowest BCUT2D eigenvalue weighted by Gasteiger charge is -2.13. The van der Waals surface area contributed by atoms with Crippen LogP contribution in [-0.4, -0.2) is 19.7 Å². The third-order valence-corrected chi connectivity index (χ3v) is 6.08. The Morgan fingerprint density at radius 3 is 2.11 bits per heavy atom. The summed E-state index contributed by atoms with van der Waals surface area (Å²) in [6.07, 6.45) is -3.59. The lowest BCUT2D eigenvalue weighted by molar-refractivity contribution is -0.140. The first kappa shape index (κ1) is 24.4. The van der Waals surface area contributed by atoms with Gasteiger partial charge in [-0.25, -0.2) is 9.37 Å². The van der Waals surface area contributed by atoms with Gasteiger partial charge in [0.2, 0.25) is 5.89 Å². The molecule has 0 fully saturated rings. The molecule has 5 nitrogen and oxygen atoms in total. The van der Waals surface area contributed by atoms with Gasteiger partial charge in [0.25, 0.3) is 5.89 Å². The second-order valence-electron chi connectivity index (χ2n) is 8.98. The normalized spacial score (nSPS) is 11.9. The van der Waals surface area contributed by atoms with Crippen molar-refractivity contribution in [3.05, 3.63) is 90.0 Å². The molecule has 0 aliphatic carbocycles. The largest absolute Gasteiger partial charge is 0.434 e. The SMILES string of the molecule is CC(C)c1ccccc1-c1ccc(-c2nnc(-c3ccc(-c4nc(C(F)(F)F)cn4C)cc3)o2)c(F)c1. The van der Waals surface area contributed by atoms with Crippen molar-refractivity contribution in [2.24, 2.45) is 7.05 Å². The fourth-order valence-electron chi connectivity index (χ4n) is 4.20. The van der Waals surface area contributed by atoms with Gasteiger partial charge in [0.1, 0.15) is 11.6 Å². The molecule has 0 N–H and O–H groups in total. The maximum absolute atomic E-state index is 15.1. The Morgan fingerprint density at radius 2 is 1.46 bits per heavy atom. The van der Waals surface area contributed by atoms with Gasteiger partial charge in [-0.2, -0.15) is 13.2 Å². The fraction of sp³-hybridized carbons (Fsp3) is 0.179. The molecule has 0 saturated carbocycles. The fourth-order valence-corrected chi connectivity index (χ4v) is 4.20. The van der Waals surface area contributed by atoms with Gasteiger partial charge in [0.15, 0.2) is 5.69 Å². The molecule has 3 aromatic carbocycles. The summed E-state index contributed by atoms with van der Waals surface area (Å²) in [5, 5.41) is 8.02. The summed E-state index contributed by atoms with van der Waals surface area (Å²) in [4.78, 5) is 3.70. The molecule has 0 spiro atoms. The van der Waals surface area contributed by atoms with E-state index in [0.717, 1.165) is 22.9 Å². The molecule has 37 heavy (non-hydrogen) atoms. The molecule has 5 aromatic rings. The van der Waals surface area contributed by atoms with Crippen LogP contribution in [0.3, 0.4) is 0 Å². The molecule has 2 heterocycles. The average Bonchev–Trinajstić information content (AvgIpc) is 3.51. The van der Waals surface area contributed by atoms with Crippen molar-refractivity contribution in [2.75, 3.05) is 0 Å². The summed E-state index contributed by atoms with van der Waals surface area (Å²) in [5.74, 6) is 0.154. The van der Waals surface area contributed by atoms with Crippen molar-refractivity contribution < 1.29 is 22.0 Å². The van der Waals surface area contributed by atoms with Crippen molar-refractivity contribution in [1.82, 2.24) is 19.7 Å². The van der Waals surface area contributed by atoms with E-state index in [9.17, 15) is 13.2 Å². The number of imidazole rings is 1. The van der Waals surface area contributed by atoms with Gasteiger partial charge in [0.05, 0.1) is 5.56 Å². The van der Waals surface area contributed by atoms with Gasteiger partial charge in [0, 0.05) is 24.4 Å². The van der Waals surface area contributed by atoms with Gasteiger partial charge >= 0.3 is 6.18 Å². The molecule has 2 aromatic heterocycles. The third-order valence-electron chi connectivity index (χ3n) is 6.08. The van der Waals surface area contributed by atoms with Crippen molar-refractivity contribution in [3.8, 4) is 45.4 Å². The molecule has 0 saturated heterocycles. The van der Waals surface area contributed by atoms with E-state index in [-0.39, 0.29) is 29.1 Å². The highest BCUT2D eigenvalue weighted by Gasteiger charge is 2.34. The number of nitrogens with zero attached hydrogens (tertiary/aromatic N) is 4. The maximum Gasteiger partial charge on any atom is 0.434 e. The van der Waals surface area contributed by atoms with Crippen LogP contribution >= 0.6 is 0 Å². The first-order valence-electron chi connectivity index (χ1n) is 11.6. The number of aromatic nitrogens is 4. The van der Waals surface area contributed by atoms with E-state index in [2.05, 4.69) is 29.0 Å². The van der Waals surface area contributed by atoms with Crippen LogP contribution in [0.5, 0.6) is 0 Å². The standard InChI is InChI=1S/C28H22F4N4O/c1-16(2)20-6-4-5-7-21(20)19-12-13-22(23(29)14-19)27-35-34-26(37-27)18-10-8-17(9-11-18)25-33-24(15-36(25)3)28(30,31)32/h4-16H,1-3H3. The molecule has 9 heteroatoms. The van der Waals surface area contributed by atoms with Crippen LogP contribution in [0.25, 0.3) is 45.4 Å². The van der Waals surface area contributed by atoms with Gasteiger partial charge in [-0.05, 0) is 46.9 Å². The smallest absolute Gasteiger partial charge is 0.416 e. The van der Waals surface area contributed by atoms with Crippen LogP contribution in [0.15, 0.2) is 77.3 Å². The third kappa shape index (κ3) is 4.76. The Balaban J connectivity index is 1.40. The van der Waals surface area contributed by atoms with Crippen LogP contribution in [0.2, 0.25) is 0 Å². The molecule has 0 amide bonds. The minimum absolute atomic E-state index is 0.0270. The zero-order valence-corrected chi connectivity index (χ0v) is 20.2. The molecule has 5 rings (SSSR count). The minimum Gasteiger partial charge on any atom is -0.416 e. The number of rotatable bonds is 5. The van der Waals surface area contributed by atoms with E-state index in [1.54, 1.807) is 30.3 Å². The Bertz CT molecular complexity index is 1570. The van der Waals surface area contributed by atoms with Gasteiger partial charge in [-0.1, -0.05) is 56.3 Å². The van der Waals surface area contributed by atoms with E-state index < -0.39 is 17.7 Å². The maximum atomic E-state index is 15.1.